The van der Waals surface area contributed by atoms with Crippen molar-refractivity contribution in [2.75, 3.05) is 10.6 Å². The standard InChI is InChI=1S/C22H29N7O2S/c1-12-9-17(28-27-12)25-19-18-16(7-8-32-18)24-20(26-19)23-13-10-14-5-6-15(11-13)29(14)21(30)31-22(2,3)4/h7-9,13-15H,5-6,10-11H2,1-4H3,(H3,23,24,25,26,27,28)/t13?,14-,15?/m1/s1. The zero-order valence-corrected chi connectivity index (χ0v) is 19.6. The van der Waals surface area contributed by atoms with Gasteiger partial charge in [0.25, 0.3) is 0 Å². The van der Waals surface area contributed by atoms with Crippen molar-refractivity contribution in [2.45, 2.75) is 77.1 Å². The molecule has 3 atom stereocenters. The van der Waals surface area contributed by atoms with Gasteiger partial charge in [0.15, 0.2) is 11.6 Å². The quantitative estimate of drug-likeness (QED) is 0.518. The Hall–Kier alpha value is -2.88. The summed E-state index contributed by atoms with van der Waals surface area (Å²) in [6, 6.07) is 4.54. The summed E-state index contributed by atoms with van der Waals surface area (Å²) in [5, 5.41) is 16.1. The summed E-state index contributed by atoms with van der Waals surface area (Å²) in [4.78, 5) is 24.2. The third kappa shape index (κ3) is 4.23. The van der Waals surface area contributed by atoms with E-state index in [9.17, 15) is 4.79 Å². The number of thiophene rings is 1. The highest BCUT2D eigenvalue weighted by Gasteiger charge is 2.45. The number of hydrogen-bond acceptors (Lipinski definition) is 8. The Balaban J connectivity index is 1.32. The molecule has 0 radical (unpaired) electrons. The van der Waals surface area contributed by atoms with Crippen LogP contribution < -0.4 is 10.6 Å². The number of rotatable bonds is 4. The van der Waals surface area contributed by atoms with Crippen molar-refractivity contribution in [2.24, 2.45) is 0 Å². The summed E-state index contributed by atoms with van der Waals surface area (Å²) >= 11 is 1.60. The molecule has 170 valence electrons. The fraction of sp³-hybridized carbons (Fsp3) is 0.545. The first kappa shape index (κ1) is 21.0. The molecule has 5 rings (SSSR count). The Labute approximate surface area is 191 Å². The zero-order valence-electron chi connectivity index (χ0n) is 18.8. The number of aryl methyl sites for hydroxylation is 1. The monoisotopic (exact) mass is 455 g/mol. The van der Waals surface area contributed by atoms with E-state index in [1.165, 1.54) is 0 Å². The molecule has 3 aromatic heterocycles. The van der Waals surface area contributed by atoms with Crippen LogP contribution >= 0.6 is 11.3 Å². The van der Waals surface area contributed by atoms with Gasteiger partial charge in [0.2, 0.25) is 5.95 Å². The number of hydrogen-bond donors (Lipinski definition) is 3. The molecule has 2 bridgehead atoms. The number of anilines is 3. The fourth-order valence-corrected chi connectivity index (χ4v) is 5.48. The van der Waals surface area contributed by atoms with Gasteiger partial charge >= 0.3 is 6.09 Å². The van der Waals surface area contributed by atoms with E-state index in [0.29, 0.717) is 5.95 Å². The van der Waals surface area contributed by atoms with Crippen molar-refractivity contribution in [1.82, 2.24) is 25.1 Å². The lowest BCUT2D eigenvalue weighted by atomic mass is 9.98. The maximum atomic E-state index is 12.7. The number of carbonyl (C=O) groups is 1. The molecule has 10 heteroatoms. The predicted molar refractivity (Wildman–Crippen MR) is 126 cm³/mol. The van der Waals surface area contributed by atoms with Crippen LogP contribution in [0.1, 0.15) is 52.1 Å². The van der Waals surface area contributed by atoms with E-state index >= 15 is 0 Å². The molecule has 2 saturated heterocycles. The predicted octanol–water partition coefficient (Wildman–Crippen LogP) is 4.81. The highest BCUT2D eigenvalue weighted by molar-refractivity contribution is 7.17. The molecule has 0 aliphatic carbocycles. The lowest BCUT2D eigenvalue weighted by Gasteiger charge is -2.39. The number of piperidine rings is 1. The van der Waals surface area contributed by atoms with Gasteiger partial charge in [0.05, 0.1) is 10.2 Å². The van der Waals surface area contributed by atoms with E-state index < -0.39 is 5.60 Å². The molecule has 2 aliphatic heterocycles. The van der Waals surface area contributed by atoms with Crippen LogP contribution in [0.3, 0.4) is 0 Å². The van der Waals surface area contributed by atoms with E-state index in [-0.39, 0.29) is 24.2 Å². The first-order valence-electron chi connectivity index (χ1n) is 11.1. The number of carbonyl (C=O) groups excluding carboxylic acids is 1. The van der Waals surface area contributed by atoms with Gasteiger partial charge in [0.1, 0.15) is 5.60 Å². The third-order valence-corrected chi connectivity index (χ3v) is 6.84. The SMILES string of the molecule is Cc1cc(Nc2nc(NC3CC4CC[C@H](C3)N4C(=O)OC(C)(C)C)nc3ccsc23)n[nH]1. The van der Waals surface area contributed by atoms with E-state index in [4.69, 9.17) is 14.7 Å². The lowest BCUT2D eigenvalue weighted by molar-refractivity contribution is 0.00682. The second-order valence-corrected chi connectivity index (χ2v) is 10.6. The first-order chi connectivity index (χ1) is 15.2. The van der Waals surface area contributed by atoms with Gasteiger partial charge in [0, 0.05) is 29.9 Å². The van der Waals surface area contributed by atoms with Gasteiger partial charge in [-0.05, 0) is 64.8 Å². The minimum Gasteiger partial charge on any atom is -0.444 e. The normalized spacial score (nSPS) is 22.9. The maximum Gasteiger partial charge on any atom is 0.410 e. The van der Waals surface area contributed by atoms with Crippen molar-refractivity contribution in [1.29, 1.82) is 0 Å². The molecule has 32 heavy (non-hydrogen) atoms. The van der Waals surface area contributed by atoms with Crippen LogP contribution in [-0.2, 0) is 4.74 Å². The molecule has 2 fully saturated rings. The van der Waals surface area contributed by atoms with Crippen LogP contribution in [0.2, 0.25) is 0 Å². The molecule has 1 amide bonds. The smallest absolute Gasteiger partial charge is 0.410 e. The van der Waals surface area contributed by atoms with Gasteiger partial charge in [-0.2, -0.15) is 10.1 Å². The summed E-state index contributed by atoms with van der Waals surface area (Å²) in [6.45, 7) is 7.70. The molecular formula is C22H29N7O2S. The highest BCUT2D eigenvalue weighted by Crippen LogP contribution is 2.38. The van der Waals surface area contributed by atoms with E-state index in [1.54, 1.807) is 11.3 Å². The molecule has 0 spiro atoms. The minimum absolute atomic E-state index is 0.190. The molecule has 5 heterocycles. The topological polar surface area (TPSA) is 108 Å². The van der Waals surface area contributed by atoms with Crippen LogP contribution in [-0.4, -0.2) is 54.9 Å². The van der Waals surface area contributed by atoms with Crippen LogP contribution in [0.4, 0.5) is 22.4 Å². The number of amides is 1. The highest BCUT2D eigenvalue weighted by atomic mass is 32.1. The second kappa shape index (κ2) is 7.91. The van der Waals surface area contributed by atoms with Gasteiger partial charge < -0.3 is 20.3 Å². The molecule has 0 aromatic carbocycles. The molecule has 2 unspecified atom stereocenters. The Morgan fingerprint density at radius 3 is 2.66 bits per heavy atom. The number of aromatic nitrogens is 4. The molecule has 9 nitrogen and oxygen atoms in total. The van der Waals surface area contributed by atoms with Crippen LogP contribution in [0.25, 0.3) is 10.2 Å². The molecule has 3 N–H and O–H groups in total. The third-order valence-electron chi connectivity index (χ3n) is 5.93. The Kier molecular flexibility index (Phi) is 5.19. The summed E-state index contributed by atoms with van der Waals surface area (Å²) < 4.78 is 6.65. The van der Waals surface area contributed by atoms with Crippen molar-refractivity contribution < 1.29 is 9.53 Å². The average Bonchev–Trinajstić information content (AvgIpc) is 3.39. The summed E-state index contributed by atoms with van der Waals surface area (Å²) in [6.07, 6.45) is 3.56. The summed E-state index contributed by atoms with van der Waals surface area (Å²) in [7, 11) is 0. The summed E-state index contributed by atoms with van der Waals surface area (Å²) in [5.74, 6) is 2.07. The maximum absolute atomic E-state index is 12.7. The number of H-pyrrole nitrogens is 1. The lowest BCUT2D eigenvalue weighted by Crippen LogP contribution is -2.51. The van der Waals surface area contributed by atoms with Crippen LogP contribution in [0.15, 0.2) is 17.5 Å². The van der Waals surface area contributed by atoms with E-state index in [2.05, 4.69) is 20.8 Å². The molecular weight excluding hydrogens is 426 g/mol. The summed E-state index contributed by atoms with van der Waals surface area (Å²) in [5.41, 5.74) is 1.40. The number of fused-ring (bicyclic) bond motifs is 3. The Morgan fingerprint density at radius 2 is 2.00 bits per heavy atom. The largest absolute Gasteiger partial charge is 0.444 e. The average molecular weight is 456 g/mol. The fourth-order valence-electron chi connectivity index (χ4n) is 4.71. The number of ether oxygens (including phenoxy) is 1. The van der Waals surface area contributed by atoms with Crippen molar-refractivity contribution >= 4 is 45.2 Å². The van der Waals surface area contributed by atoms with Gasteiger partial charge in [-0.15, -0.1) is 11.3 Å². The van der Waals surface area contributed by atoms with E-state index in [1.807, 2.05) is 50.1 Å². The number of aromatic amines is 1. The van der Waals surface area contributed by atoms with Crippen LogP contribution in [0, 0.1) is 6.92 Å². The molecule has 0 saturated carbocycles. The number of nitrogens with one attached hydrogen (secondary N) is 3. The Morgan fingerprint density at radius 1 is 1.25 bits per heavy atom. The Bertz CT molecular complexity index is 1120. The first-order valence-corrected chi connectivity index (χ1v) is 12.0. The van der Waals surface area contributed by atoms with Gasteiger partial charge in [-0.25, -0.2) is 9.78 Å². The molecule has 2 aliphatic rings. The molecule has 3 aromatic rings. The second-order valence-electron chi connectivity index (χ2n) is 9.68. The number of nitrogens with zero attached hydrogens (tertiary/aromatic N) is 4. The van der Waals surface area contributed by atoms with Crippen molar-refractivity contribution in [3.05, 3.63) is 23.2 Å². The van der Waals surface area contributed by atoms with Gasteiger partial charge in [-0.3, -0.25) is 5.10 Å². The zero-order chi connectivity index (χ0) is 22.5. The van der Waals surface area contributed by atoms with Crippen LogP contribution in [0.5, 0.6) is 0 Å². The van der Waals surface area contributed by atoms with Gasteiger partial charge in [-0.1, -0.05) is 0 Å². The minimum atomic E-state index is -0.480. The van der Waals surface area contributed by atoms with Crippen molar-refractivity contribution in [3.8, 4) is 0 Å². The van der Waals surface area contributed by atoms with Crippen molar-refractivity contribution in [3.63, 3.8) is 0 Å². The van der Waals surface area contributed by atoms with E-state index in [0.717, 1.165) is 53.2 Å².